The van der Waals surface area contributed by atoms with Crippen LogP contribution in [-0.4, -0.2) is 17.4 Å². The summed E-state index contributed by atoms with van der Waals surface area (Å²) in [5.41, 5.74) is -0.424. The van der Waals surface area contributed by atoms with Gasteiger partial charge in [-0.25, -0.2) is 0 Å². The van der Waals surface area contributed by atoms with Crippen molar-refractivity contribution < 1.29 is 14.3 Å². The SMILES string of the molecule is CC(C)(C)OC(=O)C(C#N)C(=O)c1ccc(Br)cc1. The maximum Gasteiger partial charge on any atom is 0.331 e. The van der Waals surface area contributed by atoms with Gasteiger partial charge in [0.25, 0.3) is 0 Å². The number of benzene rings is 1. The van der Waals surface area contributed by atoms with E-state index in [9.17, 15) is 9.59 Å². The molecule has 5 heteroatoms. The van der Waals surface area contributed by atoms with Gasteiger partial charge in [0.15, 0.2) is 5.78 Å². The van der Waals surface area contributed by atoms with Crippen molar-refractivity contribution >= 4 is 27.7 Å². The van der Waals surface area contributed by atoms with Crippen molar-refractivity contribution in [2.75, 3.05) is 0 Å². The maximum absolute atomic E-state index is 12.1. The van der Waals surface area contributed by atoms with Gasteiger partial charge in [0.1, 0.15) is 5.60 Å². The quantitative estimate of drug-likeness (QED) is 0.487. The summed E-state index contributed by atoms with van der Waals surface area (Å²) in [4.78, 5) is 23.9. The summed E-state index contributed by atoms with van der Waals surface area (Å²) in [6, 6.07) is 8.17. The molecule has 0 spiro atoms. The van der Waals surface area contributed by atoms with Gasteiger partial charge in [0.2, 0.25) is 5.92 Å². The van der Waals surface area contributed by atoms with Crippen LogP contribution in [0.15, 0.2) is 28.7 Å². The van der Waals surface area contributed by atoms with Gasteiger partial charge in [0.05, 0.1) is 6.07 Å². The summed E-state index contributed by atoms with van der Waals surface area (Å²) in [7, 11) is 0. The number of ether oxygens (including phenoxy) is 1. The summed E-state index contributed by atoms with van der Waals surface area (Å²) in [5, 5.41) is 9.00. The minimum atomic E-state index is -1.43. The van der Waals surface area contributed by atoms with Crippen LogP contribution >= 0.6 is 15.9 Å². The number of esters is 1. The summed E-state index contributed by atoms with van der Waals surface area (Å²) in [6.07, 6.45) is 0. The predicted molar refractivity (Wildman–Crippen MR) is 73.4 cm³/mol. The highest BCUT2D eigenvalue weighted by Crippen LogP contribution is 2.17. The summed E-state index contributed by atoms with van der Waals surface area (Å²) in [6.45, 7) is 5.05. The molecule has 0 heterocycles. The van der Waals surface area contributed by atoms with Crippen LogP contribution in [0.1, 0.15) is 31.1 Å². The van der Waals surface area contributed by atoms with Gasteiger partial charge in [0, 0.05) is 10.0 Å². The van der Waals surface area contributed by atoms with Gasteiger partial charge in [-0.1, -0.05) is 28.1 Å². The third-order valence-corrected chi connectivity index (χ3v) is 2.69. The van der Waals surface area contributed by atoms with Crippen LogP contribution in [0.3, 0.4) is 0 Å². The minimum absolute atomic E-state index is 0.306. The van der Waals surface area contributed by atoms with E-state index in [1.807, 2.05) is 0 Å². The van der Waals surface area contributed by atoms with E-state index in [2.05, 4.69) is 15.9 Å². The monoisotopic (exact) mass is 323 g/mol. The molecule has 1 unspecified atom stereocenters. The van der Waals surface area contributed by atoms with Crippen LogP contribution in [-0.2, 0) is 9.53 Å². The molecule has 1 aromatic carbocycles. The average Bonchev–Trinajstić information content (AvgIpc) is 2.28. The van der Waals surface area contributed by atoms with Gasteiger partial charge in [-0.15, -0.1) is 0 Å². The average molecular weight is 324 g/mol. The smallest absolute Gasteiger partial charge is 0.331 e. The van der Waals surface area contributed by atoms with E-state index in [4.69, 9.17) is 10.00 Å². The molecule has 0 bridgehead atoms. The van der Waals surface area contributed by atoms with Gasteiger partial charge < -0.3 is 4.74 Å². The Morgan fingerprint density at radius 1 is 1.26 bits per heavy atom. The van der Waals surface area contributed by atoms with E-state index in [1.165, 1.54) is 0 Å². The Labute approximate surface area is 120 Å². The first-order chi connectivity index (χ1) is 8.74. The van der Waals surface area contributed by atoms with Crippen molar-refractivity contribution in [3.8, 4) is 6.07 Å². The molecule has 0 fully saturated rings. The number of halogens is 1. The van der Waals surface area contributed by atoms with E-state index >= 15 is 0 Å². The lowest BCUT2D eigenvalue weighted by molar-refractivity contribution is -0.156. The predicted octanol–water partition coefficient (Wildman–Crippen LogP) is 3.11. The zero-order valence-electron chi connectivity index (χ0n) is 10.9. The lowest BCUT2D eigenvalue weighted by Crippen LogP contribution is -2.32. The molecule has 0 aliphatic heterocycles. The van der Waals surface area contributed by atoms with E-state index in [-0.39, 0.29) is 0 Å². The first-order valence-corrected chi connectivity index (χ1v) is 6.46. The normalized spacial score (nSPS) is 12.4. The zero-order valence-corrected chi connectivity index (χ0v) is 12.5. The topological polar surface area (TPSA) is 67.2 Å². The molecule has 0 aliphatic carbocycles. The molecule has 0 saturated carbocycles. The molecule has 0 radical (unpaired) electrons. The van der Waals surface area contributed by atoms with Crippen molar-refractivity contribution in [1.82, 2.24) is 0 Å². The third kappa shape index (κ3) is 4.49. The molecule has 0 aromatic heterocycles. The van der Waals surface area contributed by atoms with E-state index < -0.39 is 23.3 Å². The molecular formula is C14H14BrNO3. The Hall–Kier alpha value is -1.67. The van der Waals surface area contributed by atoms with Crippen LogP contribution in [0.4, 0.5) is 0 Å². The molecule has 100 valence electrons. The number of carbonyl (C=O) groups excluding carboxylic acids is 2. The molecular weight excluding hydrogens is 310 g/mol. The highest BCUT2D eigenvalue weighted by molar-refractivity contribution is 9.10. The minimum Gasteiger partial charge on any atom is -0.459 e. The number of carbonyl (C=O) groups is 2. The van der Waals surface area contributed by atoms with Crippen molar-refractivity contribution in [2.24, 2.45) is 5.92 Å². The molecule has 0 aliphatic rings. The second-order valence-corrected chi connectivity index (χ2v) is 5.88. The fourth-order valence-electron chi connectivity index (χ4n) is 1.36. The Morgan fingerprint density at radius 2 is 1.79 bits per heavy atom. The van der Waals surface area contributed by atoms with Crippen LogP contribution < -0.4 is 0 Å². The summed E-state index contributed by atoms with van der Waals surface area (Å²) in [5.74, 6) is -2.80. The standard InChI is InChI=1S/C14H14BrNO3/c1-14(2,3)19-13(18)11(8-16)12(17)9-4-6-10(15)7-5-9/h4-7,11H,1-3H3. The van der Waals surface area contributed by atoms with Crippen LogP contribution in [0.25, 0.3) is 0 Å². The second kappa shape index (κ2) is 5.98. The second-order valence-electron chi connectivity index (χ2n) is 4.97. The van der Waals surface area contributed by atoms with Crippen molar-refractivity contribution in [1.29, 1.82) is 5.26 Å². The van der Waals surface area contributed by atoms with Gasteiger partial charge >= 0.3 is 5.97 Å². The number of Topliss-reactive ketones (excluding diaryl/α,β-unsaturated/α-hetero) is 1. The molecule has 4 nitrogen and oxygen atoms in total. The van der Waals surface area contributed by atoms with Crippen LogP contribution in [0.2, 0.25) is 0 Å². The van der Waals surface area contributed by atoms with Gasteiger partial charge in [-0.3, -0.25) is 9.59 Å². The van der Waals surface area contributed by atoms with E-state index in [1.54, 1.807) is 51.1 Å². The number of hydrogen-bond acceptors (Lipinski definition) is 4. The van der Waals surface area contributed by atoms with Gasteiger partial charge in [-0.2, -0.15) is 5.26 Å². The molecule has 19 heavy (non-hydrogen) atoms. The lowest BCUT2D eigenvalue weighted by Gasteiger charge is -2.20. The molecule has 0 saturated heterocycles. The first-order valence-electron chi connectivity index (χ1n) is 5.67. The Morgan fingerprint density at radius 3 is 2.21 bits per heavy atom. The number of nitriles is 1. The number of nitrogens with zero attached hydrogens (tertiary/aromatic N) is 1. The van der Waals surface area contributed by atoms with E-state index in [0.717, 1.165) is 4.47 Å². The number of rotatable bonds is 3. The lowest BCUT2D eigenvalue weighted by atomic mass is 9.99. The fraction of sp³-hybridized carbons (Fsp3) is 0.357. The van der Waals surface area contributed by atoms with Crippen LogP contribution in [0.5, 0.6) is 0 Å². The summed E-state index contributed by atoms with van der Waals surface area (Å²) < 4.78 is 5.88. The Kier molecular flexibility index (Phi) is 4.84. The Balaban J connectivity index is 2.92. The Bertz CT molecular complexity index is 523. The number of ketones is 1. The summed E-state index contributed by atoms with van der Waals surface area (Å²) >= 11 is 3.25. The molecule has 0 N–H and O–H groups in total. The first kappa shape index (κ1) is 15.4. The zero-order chi connectivity index (χ0) is 14.6. The molecule has 1 aromatic rings. The van der Waals surface area contributed by atoms with Crippen molar-refractivity contribution in [2.45, 2.75) is 26.4 Å². The highest BCUT2D eigenvalue weighted by atomic mass is 79.9. The van der Waals surface area contributed by atoms with Crippen LogP contribution in [0, 0.1) is 17.2 Å². The molecule has 0 amide bonds. The fourth-order valence-corrected chi connectivity index (χ4v) is 1.62. The largest absolute Gasteiger partial charge is 0.459 e. The number of hydrogen-bond donors (Lipinski definition) is 0. The van der Waals surface area contributed by atoms with Crippen molar-refractivity contribution in [3.05, 3.63) is 34.3 Å². The van der Waals surface area contributed by atoms with E-state index in [0.29, 0.717) is 5.56 Å². The molecule has 1 rings (SSSR count). The van der Waals surface area contributed by atoms with Gasteiger partial charge in [-0.05, 0) is 32.9 Å². The third-order valence-electron chi connectivity index (χ3n) is 2.16. The molecule has 1 atom stereocenters. The maximum atomic E-state index is 12.1. The highest BCUT2D eigenvalue weighted by Gasteiger charge is 2.31. The van der Waals surface area contributed by atoms with Crippen molar-refractivity contribution in [3.63, 3.8) is 0 Å².